The number of aromatic nitrogens is 2. The molecular weight excluding hydrogens is 287 g/mol. The zero-order valence-corrected chi connectivity index (χ0v) is 11.4. The third-order valence-electron chi connectivity index (χ3n) is 3.03. The Morgan fingerprint density at radius 1 is 1.24 bits per heavy atom. The van der Waals surface area contributed by atoms with Crippen LogP contribution in [0, 0.1) is 0 Å². The van der Waals surface area contributed by atoms with Gasteiger partial charge in [0.2, 0.25) is 5.27 Å². The van der Waals surface area contributed by atoms with E-state index in [1.807, 2.05) is 13.8 Å². The van der Waals surface area contributed by atoms with Gasteiger partial charge in [0.15, 0.2) is 12.1 Å². The molecule has 0 bridgehead atoms. The van der Waals surface area contributed by atoms with E-state index in [0.717, 1.165) is 12.1 Å². The van der Waals surface area contributed by atoms with Crippen molar-refractivity contribution in [2.45, 2.75) is 32.2 Å². The summed E-state index contributed by atoms with van der Waals surface area (Å²) in [5.74, 6) is -0.0731. The highest BCUT2D eigenvalue weighted by atomic mass is 19.4. The van der Waals surface area contributed by atoms with E-state index in [0.29, 0.717) is 0 Å². The minimum atomic E-state index is -4.42. The number of benzene rings is 1. The number of alkyl halides is 3. The van der Waals surface area contributed by atoms with Crippen LogP contribution in [0.1, 0.15) is 42.8 Å². The zero-order chi connectivity index (χ0) is 15.8. The molecule has 0 radical (unpaired) electrons. The molecule has 21 heavy (non-hydrogen) atoms. The van der Waals surface area contributed by atoms with E-state index in [-0.39, 0.29) is 23.2 Å². The van der Waals surface area contributed by atoms with Gasteiger partial charge in [0.05, 0.1) is 5.56 Å². The fraction of sp³-hybridized carbons (Fsp3) is 0.385. The van der Waals surface area contributed by atoms with E-state index in [9.17, 15) is 18.3 Å². The van der Waals surface area contributed by atoms with Crippen molar-refractivity contribution in [3.63, 3.8) is 0 Å². The normalized spacial score (nSPS) is 13.7. The van der Waals surface area contributed by atoms with Crippen molar-refractivity contribution >= 4 is 5.88 Å². The molecule has 114 valence electrons. The molecule has 1 aromatic carbocycles. The number of rotatable bonds is 3. The van der Waals surface area contributed by atoms with Crippen molar-refractivity contribution in [3.05, 3.63) is 41.1 Å². The summed E-state index contributed by atoms with van der Waals surface area (Å²) in [5, 5.41) is 14.0. The molecule has 0 aliphatic rings. The first-order chi connectivity index (χ1) is 9.71. The van der Waals surface area contributed by atoms with Crippen molar-refractivity contribution in [1.29, 1.82) is 0 Å². The van der Waals surface area contributed by atoms with E-state index in [2.05, 4.69) is 5.27 Å². The van der Waals surface area contributed by atoms with Crippen molar-refractivity contribution in [2.75, 3.05) is 5.73 Å². The lowest BCUT2D eigenvalue weighted by atomic mass is 10.0. The highest BCUT2D eigenvalue weighted by Gasteiger charge is 2.34. The molecule has 0 spiro atoms. The van der Waals surface area contributed by atoms with Gasteiger partial charge in [0.1, 0.15) is 0 Å². The molecule has 0 fully saturated rings. The second-order valence-electron chi connectivity index (χ2n) is 4.88. The van der Waals surface area contributed by atoms with Gasteiger partial charge in [-0.15, -0.1) is 0 Å². The van der Waals surface area contributed by atoms with Crippen LogP contribution >= 0.6 is 0 Å². The van der Waals surface area contributed by atoms with Crippen LogP contribution < -0.4 is 10.4 Å². The minimum absolute atomic E-state index is 0.0731. The lowest BCUT2D eigenvalue weighted by Crippen LogP contribution is -2.43. The molecule has 0 saturated heterocycles. The quantitative estimate of drug-likeness (QED) is 0.852. The Kier molecular flexibility index (Phi) is 3.91. The maximum absolute atomic E-state index is 12.5. The summed E-state index contributed by atoms with van der Waals surface area (Å²) in [4.78, 5) is 0. The second kappa shape index (κ2) is 5.36. The number of halogens is 3. The molecule has 5 nitrogen and oxygen atoms in total. The number of hydrogen-bond acceptors (Lipinski definition) is 4. The lowest BCUT2D eigenvalue weighted by molar-refractivity contribution is -0.787. The van der Waals surface area contributed by atoms with Gasteiger partial charge in [-0.25, -0.2) is 0 Å². The predicted octanol–water partition coefficient (Wildman–Crippen LogP) is 2.23. The van der Waals surface area contributed by atoms with Crippen LogP contribution in [-0.4, -0.2) is 10.4 Å². The predicted molar refractivity (Wildman–Crippen MR) is 67.0 cm³/mol. The number of nitrogens with zero attached hydrogens (tertiary/aromatic N) is 2. The van der Waals surface area contributed by atoms with Crippen LogP contribution in [0.4, 0.5) is 19.1 Å². The first kappa shape index (κ1) is 15.3. The molecule has 1 unspecified atom stereocenters. The Balaban J connectivity index is 2.37. The summed E-state index contributed by atoms with van der Waals surface area (Å²) < 4.78 is 43.8. The van der Waals surface area contributed by atoms with Crippen LogP contribution in [0.2, 0.25) is 0 Å². The van der Waals surface area contributed by atoms with Gasteiger partial charge in [0, 0.05) is 13.8 Å². The van der Waals surface area contributed by atoms with Crippen LogP contribution in [0.15, 0.2) is 28.8 Å². The second-order valence-corrected chi connectivity index (χ2v) is 4.88. The number of nitrogen functional groups attached to an aromatic ring is 1. The van der Waals surface area contributed by atoms with Crippen LogP contribution in [0.5, 0.6) is 0 Å². The summed E-state index contributed by atoms with van der Waals surface area (Å²) in [6, 6.07) is 4.09. The molecule has 3 N–H and O–H groups in total. The molecule has 0 aliphatic carbocycles. The zero-order valence-electron chi connectivity index (χ0n) is 11.4. The van der Waals surface area contributed by atoms with Crippen molar-refractivity contribution in [3.8, 4) is 0 Å². The Hall–Kier alpha value is -2.09. The molecule has 0 saturated carbocycles. The van der Waals surface area contributed by atoms with E-state index in [1.54, 1.807) is 0 Å². The van der Waals surface area contributed by atoms with Gasteiger partial charge in [0.25, 0.3) is 5.88 Å². The van der Waals surface area contributed by atoms with Gasteiger partial charge < -0.3 is 10.8 Å². The molecule has 1 atom stereocenters. The summed E-state index contributed by atoms with van der Waals surface area (Å²) >= 11 is 0. The molecule has 2 rings (SSSR count). The maximum Gasteiger partial charge on any atom is 0.416 e. The summed E-state index contributed by atoms with van der Waals surface area (Å²) in [7, 11) is 0. The van der Waals surface area contributed by atoms with Gasteiger partial charge in [-0.1, -0.05) is 12.1 Å². The maximum atomic E-state index is 12.5. The first-order valence-corrected chi connectivity index (χ1v) is 6.24. The summed E-state index contributed by atoms with van der Waals surface area (Å²) in [6.45, 7) is 3.62. The summed E-state index contributed by atoms with van der Waals surface area (Å²) in [6.07, 6.45) is -5.64. The SMILES string of the molecule is CC(C)[n+]1noc(N)c1C(O)c1ccc(C(F)(F)F)cc1. The fourth-order valence-electron chi connectivity index (χ4n) is 1.94. The van der Waals surface area contributed by atoms with Crippen molar-refractivity contribution in [2.24, 2.45) is 0 Å². The molecule has 8 heteroatoms. The topological polar surface area (TPSA) is 76.2 Å². The smallest absolute Gasteiger partial charge is 0.377 e. The van der Waals surface area contributed by atoms with E-state index < -0.39 is 17.8 Å². The third kappa shape index (κ3) is 2.99. The van der Waals surface area contributed by atoms with Gasteiger partial charge in [-0.3, -0.25) is 4.52 Å². The monoisotopic (exact) mass is 302 g/mol. The molecule has 0 amide bonds. The number of nitrogens with two attached hydrogens (primary N) is 1. The van der Waals surface area contributed by atoms with Crippen LogP contribution in [0.25, 0.3) is 0 Å². The van der Waals surface area contributed by atoms with E-state index in [1.165, 1.54) is 16.8 Å². The van der Waals surface area contributed by atoms with Gasteiger partial charge in [-0.2, -0.15) is 13.2 Å². The largest absolute Gasteiger partial charge is 0.416 e. The Labute approximate surface area is 118 Å². The molecular formula is C13H15F3N3O2+. The average Bonchev–Trinajstić information content (AvgIpc) is 2.79. The highest BCUT2D eigenvalue weighted by molar-refractivity contribution is 5.35. The molecule has 0 aliphatic heterocycles. The Morgan fingerprint density at radius 3 is 2.29 bits per heavy atom. The first-order valence-electron chi connectivity index (χ1n) is 6.24. The number of hydrogen-bond donors (Lipinski definition) is 2. The Bertz CT molecular complexity index is 621. The fourth-order valence-corrected chi connectivity index (χ4v) is 1.94. The van der Waals surface area contributed by atoms with Crippen LogP contribution in [-0.2, 0) is 6.18 Å². The van der Waals surface area contributed by atoms with Crippen LogP contribution in [0.3, 0.4) is 0 Å². The standard InChI is InChI=1S/C13H15F3N3O2/c1-7(2)19-10(12(17)21-18-19)11(20)8-3-5-9(6-4-8)13(14,15)16/h3-7,11,20H,17H2,1-2H3/q+1. The van der Waals surface area contributed by atoms with Gasteiger partial charge in [-0.05, 0) is 22.4 Å². The Morgan fingerprint density at radius 2 is 1.81 bits per heavy atom. The van der Waals surface area contributed by atoms with E-state index >= 15 is 0 Å². The number of anilines is 1. The van der Waals surface area contributed by atoms with Crippen molar-refractivity contribution in [1.82, 2.24) is 5.27 Å². The molecule has 1 aromatic heterocycles. The number of aliphatic hydroxyl groups is 1. The average molecular weight is 302 g/mol. The number of aliphatic hydroxyl groups excluding tert-OH is 1. The highest BCUT2D eigenvalue weighted by Crippen LogP contribution is 2.31. The third-order valence-corrected chi connectivity index (χ3v) is 3.03. The summed E-state index contributed by atoms with van der Waals surface area (Å²) in [5.41, 5.74) is 5.33. The van der Waals surface area contributed by atoms with Crippen molar-refractivity contribution < 1.29 is 27.5 Å². The molecule has 1 heterocycles. The lowest BCUT2D eigenvalue weighted by Gasteiger charge is -2.10. The minimum Gasteiger partial charge on any atom is -0.377 e. The van der Waals surface area contributed by atoms with Gasteiger partial charge >= 0.3 is 11.9 Å². The molecule has 2 aromatic rings. The van der Waals surface area contributed by atoms with E-state index in [4.69, 9.17) is 10.3 Å².